The molecule has 6 atom stereocenters. The van der Waals surface area contributed by atoms with E-state index in [-0.39, 0.29) is 29.3 Å². The van der Waals surface area contributed by atoms with Gasteiger partial charge >= 0.3 is 5.97 Å². The third-order valence-electron chi connectivity index (χ3n) is 8.53. The fourth-order valence-electron chi connectivity index (χ4n) is 6.36. The normalized spacial score (nSPS) is 38.1. The fraction of sp³-hybridized carbons (Fsp3) is 0.577. The number of hydrogen-bond donors (Lipinski definition) is 1. The molecule has 2 fully saturated rings. The number of rotatable bonds is 3. The van der Waals surface area contributed by atoms with Gasteiger partial charge in [-0.25, -0.2) is 0 Å². The van der Waals surface area contributed by atoms with Gasteiger partial charge in [0.05, 0.1) is 12.0 Å². The molecule has 2 aliphatic heterocycles. The first kappa shape index (κ1) is 21.2. The number of carbonyl (C=O) groups is 1. The Morgan fingerprint density at radius 3 is 2.74 bits per heavy atom. The molecule has 1 aromatic rings. The summed E-state index contributed by atoms with van der Waals surface area (Å²) in [5.41, 5.74) is 3.60. The molecule has 1 saturated carbocycles. The molecule has 0 bridgehead atoms. The monoisotopic (exact) mass is 441 g/mol. The largest absolute Gasteiger partial charge is 0.461 e. The molecule has 0 aromatic heterocycles. The van der Waals surface area contributed by atoms with Gasteiger partial charge in [0.15, 0.2) is 0 Å². The van der Waals surface area contributed by atoms with Crippen LogP contribution in [0.4, 0.5) is 0 Å². The van der Waals surface area contributed by atoms with Crippen molar-refractivity contribution in [2.24, 2.45) is 23.2 Å². The van der Waals surface area contributed by atoms with Crippen LogP contribution in [0.25, 0.3) is 5.57 Å². The zero-order valence-corrected chi connectivity index (χ0v) is 19.1. The van der Waals surface area contributed by atoms with Gasteiger partial charge in [0.1, 0.15) is 6.10 Å². The lowest BCUT2D eigenvalue weighted by Gasteiger charge is -2.52. The number of hydrogen-bond acceptors (Lipinski definition) is 4. The van der Waals surface area contributed by atoms with Gasteiger partial charge in [0.2, 0.25) is 0 Å². The maximum absolute atomic E-state index is 12.9. The van der Waals surface area contributed by atoms with Crippen molar-refractivity contribution in [3.63, 3.8) is 0 Å². The Kier molecular flexibility index (Phi) is 5.52. The van der Waals surface area contributed by atoms with Crippen LogP contribution in [0.1, 0.15) is 45.1 Å². The number of aliphatic hydroxyl groups excluding tert-OH is 1. The Hall–Kier alpha value is -1.62. The molecule has 0 amide bonds. The number of benzene rings is 1. The Labute approximate surface area is 189 Å². The average Bonchev–Trinajstić information content (AvgIpc) is 3.07. The minimum atomic E-state index is -0.533. The highest BCUT2D eigenvalue weighted by atomic mass is 35.5. The molecule has 1 saturated heterocycles. The SMILES string of the molecule is C[C@@H]1CCC=C2C[C@H]3OC(=O)[C@H](CN4CC=C(c5ccc(Cl)cc5)CC4)[C@@H]3[C@H](O)[C@@]21C. The Bertz CT molecular complexity index is 923. The summed E-state index contributed by atoms with van der Waals surface area (Å²) in [6.45, 7) is 6.83. The summed E-state index contributed by atoms with van der Waals surface area (Å²) in [4.78, 5) is 15.2. The number of esters is 1. The number of carbonyl (C=O) groups excluding carboxylic acids is 1. The zero-order valence-electron chi connectivity index (χ0n) is 18.4. The summed E-state index contributed by atoms with van der Waals surface area (Å²) in [5.74, 6) is -0.0773. The molecule has 5 heteroatoms. The number of nitrogens with zero attached hydrogens (tertiary/aromatic N) is 1. The second kappa shape index (κ2) is 8.06. The molecular formula is C26H32ClNO3. The molecule has 5 rings (SSSR count). The van der Waals surface area contributed by atoms with Gasteiger partial charge in [0, 0.05) is 42.4 Å². The molecule has 2 heterocycles. The lowest BCUT2D eigenvalue weighted by Crippen LogP contribution is -2.54. The maximum atomic E-state index is 12.9. The predicted octanol–water partition coefficient (Wildman–Crippen LogP) is 4.71. The van der Waals surface area contributed by atoms with Gasteiger partial charge in [-0.2, -0.15) is 0 Å². The predicted molar refractivity (Wildman–Crippen MR) is 123 cm³/mol. The van der Waals surface area contributed by atoms with Crippen LogP contribution in [0.2, 0.25) is 5.02 Å². The van der Waals surface area contributed by atoms with Crippen molar-refractivity contribution in [1.82, 2.24) is 4.90 Å². The van der Waals surface area contributed by atoms with Crippen LogP contribution < -0.4 is 0 Å². The van der Waals surface area contributed by atoms with E-state index in [1.54, 1.807) is 0 Å². The summed E-state index contributed by atoms with van der Waals surface area (Å²) in [6, 6.07) is 7.99. The average molecular weight is 442 g/mol. The van der Waals surface area contributed by atoms with Crippen molar-refractivity contribution >= 4 is 23.1 Å². The summed E-state index contributed by atoms with van der Waals surface area (Å²) in [5, 5.41) is 12.3. The molecule has 4 aliphatic rings. The van der Waals surface area contributed by atoms with Crippen LogP contribution in [0, 0.1) is 23.2 Å². The first-order valence-electron chi connectivity index (χ1n) is 11.6. The quantitative estimate of drug-likeness (QED) is 0.545. The first-order chi connectivity index (χ1) is 14.9. The third-order valence-corrected chi connectivity index (χ3v) is 8.79. The Morgan fingerprint density at radius 2 is 2.03 bits per heavy atom. The summed E-state index contributed by atoms with van der Waals surface area (Å²) < 4.78 is 5.83. The Balaban J connectivity index is 1.31. The van der Waals surface area contributed by atoms with E-state index in [4.69, 9.17) is 16.3 Å². The highest BCUT2D eigenvalue weighted by molar-refractivity contribution is 6.30. The summed E-state index contributed by atoms with van der Waals surface area (Å²) in [6.07, 6.45) is 7.72. The van der Waals surface area contributed by atoms with Crippen LogP contribution in [0.15, 0.2) is 42.0 Å². The zero-order chi connectivity index (χ0) is 21.8. The van der Waals surface area contributed by atoms with Gasteiger partial charge in [0.25, 0.3) is 0 Å². The number of allylic oxidation sites excluding steroid dienone is 1. The molecule has 0 spiro atoms. The molecule has 1 aromatic carbocycles. The molecule has 31 heavy (non-hydrogen) atoms. The van der Waals surface area contributed by atoms with Gasteiger partial charge in [-0.05, 0) is 48.4 Å². The minimum absolute atomic E-state index is 0.114. The lowest BCUT2D eigenvalue weighted by atomic mass is 9.55. The standard InChI is InChI=1S/C26H32ClNO3/c1-16-4-3-5-19-14-22-23(24(29)26(16,19)2)21(25(30)31-22)15-28-12-10-18(11-13-28)17-6-8-20(27)9-7-17/h5-10,16,21-24,29H,3-4,11-15H2,1-2H3/t16-,21-,22-,23+,24+,26-/m1/s1. The molecular weight excluding hydrogens is 410 g/mol. The van der Waals surface area contributed by atoms with Crippen molar-refractivity contribution in [1.29, 1.82) is 0 Å². The van der Waals surface area contributed by atoms with E-state index in [2.05, 4.69) is 43.0 Å². The summed E-state index contributed by atoms with van der Waals surface area (Å²) in [7, 11) is 0. The highest BCUT2D eigenvalue weighted by Crippen LogP contribution is 2.56. The molecule has 166 valence electrons. The molecule has 1 N–H and O–H groups in total. The number of aliphatic hydroxyl groups is 1. The molecule has 0 radical (unpaired) electrons. The molecule has 0 unspecified atom stereocenters. The van der Waals surface area contributed by atoms with Crippen LogP contribution in [0.3, 0.4) is 0 Å². The maximum Gasteiger partial charge on any atom is 0.311 e. The second-order valence-electron chi connectivity index (χ2n) is 10.0. The van der Waals surface area contributed by atoms with E-state index in [0.29, 0.717) is 12.5 Å². The van der Waals surface area contributed by atoms with Crippen LogP contribution in [-0.4, -0.2) is 47.8 Å². The number of halogens is 1. The summed E-state index contributed by atoms with van der Waals surface area (Å²) >= 11 is 6.02. The van der Waals surface area contributed by atoms with E-state index in [9.17, 15) is 9.90 Å². The topological polar surface area (TPSA) is 49.8 Å². The number of fused-ring (bicyclic) bond motifs is 2. The van der Waals surface area contributed by atoms with E-state index >= 15 is 0 Å². The van der Waals surface area contributed by atoms with Gasteiger partial charge in [-0.3, -0.25) is 9.69 Å². The minimum Gasteiger partial charge on any atom is -0.461 e. The highest BCUT2D eigenvalue weighted by Gasteiger charge is 2.59. The first-order valence-corrected chi connectivity index (χ1v) is 12.0. The number of ether oxygens (including phenoxy) is 1. The molecule has 2 aliphatic carbocycles. The van der Waals surface area contributed by atoms with E-state index in [1.807, 2.05) is 12.1 Å². The van der Waals surface area contributed by atoms with E-state index < -0.39 is 6.10 Å². The second-order valence-corrected chi connectivity index (χ2v) is 10.5. The molecule has 4 nitrogen and oxygen atoms in total. The third kappa shape index (κ3) is 3.57. The van der Waals surface area contributed by atoms with Crippen molar-refractivity contribution in [2.75, 3.05) is 19.6 Å². The van der Waals surface area contributed by atoms with Crippen LogP contribution >= 0.6 is 11.6 Å². The van der Waals surface area contributed by atoms with E-state index in [0.717, 1.165) is 43.8 Å². The van der Waals surface area contributed by atoms with Gasteiger partial charge in [-0.15, -0.1) is 0 Å². The van der Waals surface area contributed by atoms with Crippen molar-refractivity contribution in [2.45, 2.75) is 51.7 Å². The Morgan fingerprint density at radius 1 is 1.26 bits per heavy atom. The van der Waals surface area contributed by atoms with Crippen molar-refractivity contribution < 1.29 is 14.6 Å². The van der Waals surface area contributed by atoms with Crippen molar-refractivity contribution in [3.05, 3.63) is 52.6 Å². The van der Waals surface area contributed by atoms with Gasteiger partial charge in [-0.1, -0.05) is 55.3 Å². The van der Waals surface area contributed by atoms with Crippen molar-refractivity contribution in [3.8, 4) is 0 Å². The van der Waals surface area contributed by atoms with Crippen LogP contribution in [-0.2, 0) is 9.53 Å². The lowest BCUT2D eigenvalue weighted by molar-refractivity contribution is -0.145. The van der Waals surface area contributed by atoms with Crippen LogP contribution in [0.5, 0.6) is 0 Å². The smallest absolute Gasteiger partial charge is 0.311 e. The van der Waals surface area contributed by atoms with Gasteiger partial charge < -0.3 is 9.84 Å². The fourth-order valence-corrected chi connectivity index (χ4v) is 6.48. The van der Waals surface area contributed by atoms with E-state index in [1.165, 1.54) is 16.7 Å².